The molecule has 4 heteroatoms. The first-order valence-corrected chi connectivity index (χ1v) is 9.77. The summed E-state index contributed by atoms with van der Waals surface area (Å²) in [4.78, 5) is 15.6. The second-order valence-corrected chi connectivity index (χ2v) is 7.62. The molecule has 2 aromatic carbocycles. The minimum atomic E-state index is -0.357. The molecule has 2 aliphatic heterocycles. The number of rotatable bonds is 4. The Morgan fingerprint density at radius 3 is 2.37 bits per heavy atom. The smallest absolute Gasteiger partial charge is 0.193 e. The number of piperidine rings is 1. The number of hydrogen-bond donors (Lipinski definition) is 0. The molecule has 2 heterocycles. The van der Waals surface area contributed by atoms with Gasteiger partial charge in [0.1, 0.15) is 0 Å². The van der Waals surface area contributed by atoms with E-state index in [2.05, 4.69) is 24.0 Å². The largest absolute Gasteiger partial charge is 0.347 e. The van der Waals surface area contributed by atoms with Crippen molar-refractivity contribution in [2.45, 2.75) is 39.0 Å². The number of likely N-dealkylation sites (tertiary alicyclic amines) is 1. The van der Waals surface area contributed by atoms with Crippen LogP contribution in [0.15, 0.2) is 42.5 Å². The molecule has 0 amide bonds. The summed E-state index contributed by atoms with van der Waals surface area (Å²) < 4.78 is 11.6. The lowest BCUT2D eigenvalue weighted by Crippen LogP contribution is -2.44. The van der Waals surface area contributed by atoms with Crippen molar-refractivity contribution in [3.63, 3.8) is 0 Å². The van der Waals surface area contributed by atoms with E-state index in [-0.39, 0.29) is 11.6 Å². The number of nitrogens with zero attached hydrogens (tertiary/aromatic N) is 1. The van der Waals surface area contributed by atoms with Gasteiger partial charge in [0, 0.05) is 43.6 Å². The van der Waals surface area contributed by atoms with E-state index in [1.54, 1.807) is 0 Å². The maximum absolute atomic E-state index is 13.2. The van der Waals surface area contributed by atoms with Gasteiger partial charge >= 0.3 is 0 Å². The fourth-order valence-electron chi connectivity index (χ4n) is 4.10. The number of carbonyl (C=O) groups excluding carboxylic acids is 1. The third-order valence-corrected chi connectivity index (χ3v) is 5.94. The Labute approximate surface area is 161 Å². The van der Waals surface area contributed by atoms with Gasteiger partial charge < -0.3 is 9.47 Å². The van der Waals surface area contributed by atoms with Crippen molar-refractivity contribution in [2.24, 2.45) is 0 Å². The molecule has 0 N–H and O–H groups in total. The third kappa shape index (κ3) is 3.70. The third-order valence-electron chi connectivity index (χ3n) is 5.94. The normalized spacial score (nSPS) is 19.5. The van der Waals surface area contributed by atoms with Crippen LogP contribution in [0.1, 0.15) is 45.5 Å². The standard InChI is InChI=1S/C23H27NO3/c1-17-6-5-9-20(18(17)2)22(25)21-8-4-3-7-19(21)16-24-12-10-23(11-13-24)26-14-15-27-23/h3-9H,10-16H2,1-2H3. The van der Waals surface area contributed by atoms with E-state index in [9.17, 15) is 4.79 Å². The highest BCUT2D eigenvalue weighted by Crippen LogP contribution is 2.32. The molecule has 142 valence electrons. The molecule has 2 fully saturated rings. The zero-order valence-electron chi connectivity index (χ0n) is 16.2. The SMILES string of the molecule is Cc1cccc(C(=O)c2ccccc2CN2CCC3(CC2)OCCO3)c1C. The van der Waals surface area contributed by atoms with Crippen LogP contribution in [0, 0.1) is 13.8 Å². The maximum Gasteiger partial charge on any atom is 0.193 e. The topological polar surface area (TPSA) is 38.8 Å². The number of ether oxygens (including phenoxy) is 2. The maximum atomic E-state index is 13.2. The van der Waals surface area contributed by atoms with E-state index in [1.165, 1.54) is 0 Å². The van der Waals surface area contributed by atoms with Crippen LogP contribution in [0.25, 0.3) is 0 Å². The average Bonchev–Trinajstić information content (AvgIpc) is 3.14. The number of carbonyl (C=O) groups is 1. The Balaban J connectivity index is 1.52. The fourth-order valence-corrected chi connectivity index (χ4v) is 4.10. The second kappa shape index (κ2) is 7.55. The summed E-state index contributed by atoms with van der Waals surface area (Å²) in [5, 5.41) is 0. The quantitative estimate of drug-likeness (QED) is 0.771. The van der Waals surface area contributed by atoms with Crippen LogP contribution >= 0.6 is 0 Å². The molecule has 0 aromatic heterocycles. The predicted molar refractivity (Wildman–Crippen MR) is 105 cm³/mol. The molecular weight excluding hydrogens is 338 g/mol. The van der Waals surface area contributed by atoms with Gasteiger partial charge in [0.2, 0.25) is 0 Å². The van der Waals surface area contributed by atoms with Crippen molar-refractivity contribution >= 4 is 5.78 Å². The Morgan fingerprint density at radius 2 is 1.63 bits per heavy atom. The second-order valence-electron chi connectivity index (χ2n) is 7.62. The molecule has 2 aromatic rings. The van der Waals surface area contributed by atoms with Crippen LogP contribution in [0.3, 0.4) is 0 Å². The van der Waals surface area contributed by atoms with Crippen LogP contribution in [0.4, 0.5) is 0 Å². The molecule has 2 aliphatic rings. The molecule has 0 unspecified atom stereocenters. The number of aryl methyl sites for hydroxylation is 1. The zero-order valence-corrected chi connectivity index (χ0v) is 16.2. The Bertz CT molecular complexity index is 829. The van der Waals surface area contributed by atoms with Crippen molar-refractivity contribution in [1.82, 2.24) is 4.90 Å². The summed E-state index contributed by atoms with van der Waals surface area (Å²) in [5.74, 6) is -0.243. The van der Waals surface area contributed by atoms with Gasteiger partial charge in [-0.15, -0.1) is 0 Å². The van der Waals surface area contributed by atoms with E-state index < -0.39 is 0 Å². The molecule has 0 saturated carbocycles. The van der Waals surface area contributed by atoms with Gasteiger partial charge in [-0.1, -0.05) is 42.5 Å². The molecule has 0 aliphatic carbocycles. The summed E-state index contributed by atoms with van der Waals surface area (Å²) in [5.41, 5.74) is 4.91. The van der Waals surface area contributed by atoms with Crippen LogP contribution in [0.2, 0.25) is 0 Å². The summed E-state index contributed by atoms with van der Waals surface area (Å²) in [7, 11) is 0. The molecule has 4 nitrogen and oxygen atoms in total. The van der Waals surface area contributed by atoms with Gasteiger partial charge in [0.05, 0.1) is 13.2 Å². The van der Waals surface area contributed by atoms with Gasteiger partial charge in [0.15, 0.2) is 11.6 Å². The van der Waals surface area contributed by atoms with Crippen LogP contribution in [0.5, 0.6) is 0 Å². The number of hydrogen-bond acceptors (Lipinski definition) is 4. The molecule has 0 atom stereocenters. The van der Waals surface area contributed by atoms with E-state index in [0.717, 1.165) is 60.3 Å². The van der Waals surface area contributed by atoms with Gasteiger partial charge in [-0.05, 0) is 30.5 Å². The van der Waals surface area contributed by atoms with Crippen LogP contribution < -0.4 is 0 Å². The molecule has 2 saturated heterocycles. The minimum Gasteiger partial charge on any atom is -0.347 e. The highest BCUT2D eigenvalue weighted by atomic mass is 16.7. The van der Waals surface area contributed by atoms with Gasteiger partial charge in [-0.2, -0.15) is 0 Å². The van der Waals surface area contributed by atoms with E-state index in [0.29, 0.717) is 13.2 Å². The van der Waals surface area contributed by atoms with Gasteiger partial charge in [-0.3, -0.25) is 9.69 Å². The highest BCUT2D eigenvalue weighted by molar-refractivity contribution is 6.10. The molecule has 0 radical (unpaired) electrons. The monoisotopic (exact) mass is 365 g/mol. The Morgan fingerprint density at radius 1 is 0.963 bits per heavy atom. The van der Waals surface area contributed by atoms with Gasteiger partial charge in [-0.25, -0.2) is 0 Å². The van der Waals surface area contributed by atoms with E-state index >= 15 is 0 Å². The van der Waals surface area contributed by atoms with E-state index in [4.69, 9.17) is 9.47 Å². The van der Waals surface area contributed by atoms with Crippen molar-refractivity contribution in [3.8, 4) is 0 Å². The first-order valence-electron chi connectivity index (χ1n) is 9.77. The lowest BCUT2D eigenvalue weighted by atomic mass is 9.93. The Hall–Kier alpha value is -2.01. The van der Waals surface area contributed by atoms with Crippen molar-refractivity contribution < 1.29 is 14.3 Å². The van der Waals surface area contributed by atoms with Gasteiger partial charge in [0.25, 0.3) is 0 Å². The Kier molecular flexibility index (Phi) is 5.13. The van der Waals surface area contributed by atoms with Crippen LogP contribution in [-0.4, -0.2) is 42.8 Å². The van der Waals surface area contributed by atoms with Crippen molar-refractivity contribution in [3.05, 3.63) is 70.3 Å². The lowest BCUT2D eigenvalue weighted by Gasteiger charge is -2.37. The average molecular weight is 365 g/mol. The summed E-state index contributed by atoms with van der Waals surface area (Å²) in [6, 6.07) is 13.9. The first-order chi connectivity index (χ1) is 13.1. The summed E-state index contributed by atoms with van der Waals surface area (Å²) >= 11 is 0. The molecular formula is C23H27NO3. The van der Waals surface area contributed by atoms with E-state index in [1.807, 2.05) is 37.3 Å². The van der Waals surface area contributed by atoms with Crippen molar-refractivity contribution in [2.75, 3.05) is 26.3 Å². The number of benzene rings is 2. The first kappa shape index (κ1) is 18.4. The number of ketones is 1. The predicted octanol–water partition coefficient (Wildman–Crippen LogP) is 3.87. The van der Waals surface area contributed by atoms with Crippen molar-refractivity contribution in [1.29, 1.82) is 0 Å². The molecule has 0 bridgehead atoms. The minimum absolute atomic E-state index is 0.114. The lowest BCUT2D eigenvalue weighted by molar-refractivity contribution is -0.185. The fraction of sp³-hybridized carbons (Fsp3) is 0.435. The summed E-state index contributed by atoms with van der Waals surface area (Å²) in [6.07, 6.45) is 1.78. The molecule has 1 spiro atoms. The highest BCUT2D eigenvalue weighted by Gasteiger charge is 2.39. The molecule has 4 rings (SSSR count). The summed E-state index contributed by atoms with van der Waals surface area (Å²) in [6.45, 7) is 8.10. The zero-order chi connectivity index (χ0) is 18.9. The van der Waals surface area contributed by atoms with Crippen LogP contribution in [-0.2, 0) is 16.0 Å². The molecule has 27 heavy (non-hydrogen) atoms.